The number of hydrogen-bond acceptors (Lipinski definition) is 5. The number of nitrogens with two attached hydrogens (primary N) is 1. The van der Waals surface area contributed by atoms with E-state index in [1.165, 1.54) is 6.07 Å². The predicted molar refractivity (Wildman–Crippen MR) is 48.5 cm³/mol. The molecule has 0 aliphatic rings. The summed E-state index contributed by atoms with van der Waals surface area (Å²) in [6, 6.07) is 2.14. The second-order valence-electron chi connectivity index (χ2n) is 2.77. The lowest BCUT2D eigenvalue weighted by atomic mass is 10.1. The standard InChI is InChI=1S/C8H6F2N4O2/c9-8(10)4-1-7(14(15)16)13-6(3-12)5(4)2-11/h1,8H,2,11H2. The van der Waals surface area contributed by atoms with Crippen LogP contribution in [0.5, 0.6) is 0 Å². The second kappa shape index (κ2) is 4.59. The van der Waals surface area contributed by atoms with E-state index in [0.717, 1.165) is 0 Å². The van der Waals surface area contributed by atoms with Crippen molar-refractivity contribution in [2.24, 2.45) is 5.73 Å². The summed E-state index contributed by atoms with van der Waals surface area (Å²) in [4.78, 5) is 12.8. The first-order chi connectivity index (χ1) is 7.51. The molecule has 0 aliphatic heterocycles. The first kappa shape index (κ1) is 11.9. The maximum Gasteiger partial charge on any atom is 0.365 e. The monoisotopic (exact) mass is 228 g/mol. The first-order valence-electron chi connectivity index (χ1n) is 4.07. The Morgan fingerprint density at radius 3 is 2.69 bits per heavy atom. The molecule has 0 amide bonds. The Morgan fingerprint density at radius 1 is 1.69 bits per heavy atom. The summed E-state index contributed by atoms with van der Waals surface area (Å²) < 4.78 is 25.1. The second-order valence-corrected chi connectivity index (χ2v) is 2.77. The van der Waals surface area contributed by atoms with Crippen molar-refractivity contribution < 1.29 is 13.7 Å². The maximum atomic E-state index is 12.6. The molecule has 8 heteroatoms. The molecule has 0 unspecified atom stereocenters. The van der Waals surface area contributed by atoms with Crippen molar-refractivity contribution >= 4 is 5.82 Å². The lowest BCUT2D eigenvalue weighted by Crippen LogP contribution is -2.08. The zero-order valence-electron chi connectivity index (χ0n) is 7.85. The minimum absolute atomic E-state index is 0.164. The minimum atomic E-state index is -2.94. The summed E-state index contributed by atoms with van der Waals surface area (Å²) in [5, 5.41) is 19.0. The first-order valence-corrected chi connectivity index (χ1v) is 4.07. The summed E-state index contributed by atoms with van der Waals surface area (Å²) >= 11 is 0. The van der Waals surface area contributed by atoms with E-state index in [-0.39, 0.29) is 12.1 Å². The zero-order chi connectivity index (χ0) is 12.3. The van der Waals surface area contributed by atoms with Gasteiger partial charge in [0, 0.05) is 23.7 Å². The van der Waals surface area contributed by atoms with Crippen LogP contribution < -0.4 is 5.73 Å². The van der Waals surface area contributed by atoms with Gasteiger partial charge in [0.15, 0.2) is 0 Å². The van der Waals surface area contributed by atoms with Gasteiger partial charge in [-0.1, -0.05) is 0 Å². The molecule has 16 heavy (non-hydrogen) atoms. The van der Waals surface area contributed by atoms with Gasteiger partial charge in [-0.2, -0.15) is 5.26 Å². The van der Waals surface area contributed by atoms with Crippen LogP contribution in [-0.2, 0) is 6.54 Å². The Morgan fingerprint density at radius 2 is 2.31 bits per heavy atom. The minimum Gasteiger partial charge on any atom is -0.358 e. The van der Waals surface area contributed by atoms with Crippen LogP contribution in [0.3, 0.4) is 0 Å². The van der Waals surface area contributed by atoms with Crippen molar-refractivity contribution in [2.45, 2.75) is 13.0 Å². The Bertz CT molecular complexity index is 470. The van der Waals surface area contributed by atoms with E-state index in [2.05, 4.69) is 4.98 Å². The highest BCUT2D eigenvalue weighted by atomic mass is 19.3. The van der Waals surface area contributed by atoms with E-state index in [9.17, 15) is 18.9 Å². The summed E-state index contributed by atoms with van der Waals surface area (Å²) in [5.41, 5.74) is 3.97. The molecule has 0 atom stereocenters. The third-order valence-corrected chi connectivity index (χ3v) is 1.88. The average molecular weight is 228 g/mol. The van der Waals surface area contributed by atoms with E-state index in [4.69, 9.17) is 11.0 Å². The van der Waals surface area contributed by atoms with Gasteiger partial charge in [-0.15, -0.1) is 0 Å². The molecule has 0 bridgehead atoms. The molecule has 0 saturated heterocycles. The van der Waals surface area contributed by atoms with Gasteiger partial charge < -0.3 is 15.8 Å². The molecular weight excluding hydrogens is 222 g/mol. The maximum absolute atomic E-state index is 12.6. The fourth-order valence-corrected chi connectivity index (χ4v) is 1.17. The number of rotatable bonds is 3. The van der Waals surface area contributed by atoms with Crippen LogP contribution in [0.4, 0.5) is 14.6 Å². The van der Waals surface area contributed by atoms with Gasteiger partial charge in [0.05, 0.1) is 0 Å². The van der Waals surface area contributed by atoms with Crippen LogP contribution >= 0.6 is 0 Å². The van der Waals surface area contributed by atoms with Crippen LogP contribution in [0.2, 0.25) is 0 Å². The topological polar surface area (TPSA) is 106 Å². The number of hydrogen-bond donors (Lipinski definition) is 1. The van der Waals surface area contributed by atoms with Crippen molar-refractivity contribution in [2.75, 3.05) is 0 Å². The van der Waals surface area contributed by atoms with Crippen LogP contribution in [0.15, 0.2) is 6.07 Å². The highest BCUT2D eigenvalue weighted by Crippen LogP contribution is 2.27. The number of halogens is 2. The normalized spacial score (nSPS) is 10.2. The lowest BCUT2D eigenvalue weighted by Gasteiger charge is -2.05. The summed E-state index contributed by atoms with van der Waals surface area (Å²) in [5.74, 6) is -0.788. The van der Waals surface area contributed by atoms with Crippen LogP contribution in [0.25, 0.3) is 0 Å². The Balaban J connectivity index is 3.51. The summed E-state index contributed by atoms with van der Waals surface area (Å²) in [6.45, 7) is -0.326. The van der Waals surface area contributed by atoms with Gasteiger partial charge in [0.2, 0.25) is 0 Å². The van der Waals surface area contributed by atoms with Gasteiger partial charge in [-0.05, 0) is 9.91 Å². The number of alkyl halides is 2. The SMILES string of the molecule is N#Cc1nc([N+](=O)[O-])cc(C(F)F)c1CN. The molecule has 6 nitrogen and oxygen atoms in total. The van der Waals surface area contributed by atoms with Crippen molar-refractivity contribution in [3.8, 4) is 6.07 Å². The van der Waals surface area contributed by atoms with E-state index < -0.39 is 28.4 Å². The van der Waals surface area contributed by atoms with Crippen LogP contribution in [0.1, 0.15) is 23.2 Å². The Hall–Kier alpha value is -2.14. The van der Waals surface area contributed by atoms with E-state index in [1.807, 2.05) is 0 Å². The van der Waals surface area contributed by atoms with Gasteiger partial charge in [-0.3, -0.25) is 0 Å². The molecule has 1 heterocycles. The van der Waals surface area contributed by atoms with Crippen molar-refractivity contribution in [1.82, 2.24) is 4.98 Å². The number of pyridine rings is 1. The molecule has 0 fully saturated rings. The number of nitriles is 1. The fraction of sp³-hybridized carbons (Fsp3) is 0.250. The molecule has 0 radical (unpaired) electrons. The van der Waals surface area contributed by atoms with E-state index in [0.29, 0.717) is 6.07 Å². The number of nitrogens with zero attached hydrogens (tertiary/aromatic N) is 3. The highest BCUT2D eigenvalue weighted by Gasteiger charge is 2.24. The summed E-state index contributed by atoms with van der Waals surface area (Å²) in [7, 11) is 0. The predicted octanol–water partition coefficient (Wildman–Crippen LogP) is 1.26. The molecular formula is C8H6F2N4O2. The molecule has 0 aliphatic carbocycles. The molecule has 0 aromatic carbocycles. The zero-order valence-corrected chi connectivity index (χ0v) is 7.85. The molecule has 1 aromatic rings. The Kier molecular flexibility index (Phi) is 3.42. The van der Waals surface area contributed by atoms with Gasteiger partial charge in [0.1, 0.15) is 6.07 Å². The van der Waals surface area contributed by atoms with Gasteiger partial charge in [0.25, 0.3) is 12.1 Å². The Labute approximate surface area is 88.5 Å². The fourth-order valence-electron chi connectivity index (χ4n) is 1.17. The van der Waals surface area contributed by atoms with Crippen LogP contribution in [-0.4, -0.2) is 9.91 Å². The molecule has 1 rings (SSSR count). The molecule has 84 valence electrons. The largest absolute Gasteiger partial charge is 0.365 e. The summed E-state index contributed by atoms with van der Waals surface area (Å²) in [6.07, 6.45) is -2.94. The van der Waals surface area contributed by atoms with E-state index in [1.54, 1.807) is 0 Å². The molecule has 2 N–H and O–H groups in total. The van der Waals surface area contributed by atoms with Crippen LogP contribution in [0, 0.1) is 21.4 Å². The van der Waals surface area contributed by atoms with Crippen molar-refractivity contribution in [1.29, 1.82) is 5.26 Å². The number of nitro groups is 1. The lowest BCUT2D eigenvalue weighted by molar-refractivity contribution is -0.389. The average Bonchev–Trinajstić information content (AvgIpc) is 2.26. The quantitative estimate of drug-likeness (QED) is 0.619. The van der Waals surface area contributed by atoms with Gasteiger partial charge >= 0.3 is 5.82 Å². The van der Waals surface area contributed by atoms with E-state index >= 15 is 0 Å². The third kappa shape index (κ3) is 2.09. The third-order valence-electron chi connectivity index (χ3n) is 1.88. The van der Waals surface area contributed by atoms with Gasteiger partial charge in [-0.25, -0.2) is 8.78 Å². The number of aromatic nitrogens is 1. The molecule has 0 spiro atoms. The van der Waals surface area contributed by atoms with Crippen molar-refractivity contribution in [3.05, 3.63) is 33.0 Å². The molecule has 0 saturated carbocycles. The van der Waals surface area contributed by atoms with Crippen molar-refractivity contribution in [3.63, 3.8) is 0 Å². The highest BCUT2D eigenvalue weighted by molar-refractivity contribution is 5.43. The smallest absolute Gasteiger partial charge is 0.358 e. The molecule has 1 aromatic heterocycles.